The topological polar surface area (TPSA) is 49.4 Å². The smallest absolute Gasteiger partial charge is 0.245 e. The molecule has 1 N–H and O–H groups in total. The van der Waals surface area contributed by atoms with Gasteiger partial charge in [0.15, 0.2) is 0 Å². The van der Waals surface area contributed by atoms with Crippen LogP contribution in [-0.4, -0.2) is 34.8 Å². The molecule has 2 fully saturated rings. The fourth-order valence-corrected chi connectivity index (χ4v) is 4.72. The summed E-state index contributed by atoms with van der Waals surface area (Å²) in [5.74, 6) is 0.371. The average Bonchev–Trinajstić information content (AvgIpc) is 3.03. The summed E-state index contributed by atoms with van der Waals surface area (Å²) in [5, 5.41) is 3.22. The summed E-state index contributed by atoms with van der Waals surface area (Å²) in [7, 11) is 0. The molecule has 0 bridgehead atoms. The Morgan fingerprint density at radius 3 is 2.28 bits per heavy atom. The van der Waals surface area contributed by atoms with Gasteiger partial charge in [0.25, 0.3) is 0 Å². The Morgan fingerprint density at radius 1 is 1.08 bits per heavy atom. The number of fused-ring (bicyclic) bond motifs is 1. The molecule has 4 heteroatoms. The number of benzene rings is 1. The van der Waals surface area contributed by atoms with Gasteiger partial charge in [-0.2, -0.15) is 0 Å². The molecule has 1 atom stereocenters. The van der Waals surface area contributed by atoms with E-state index in [-0.39, 0.29) is 23.8 Å². The van der Waals surface area contributed by atoms with Gasteiger partial charge < -0.3 is 10.2 Å². The molecule has 2 aliphatic carbocycles. The van der Waals surface area contributed by atoms with Gasteiger partial charge in [-0.15, -0.1) is 0 Å². The predicted octanol–water partition coefficient (Wildman–Crippen LogP) is 2.84. The van der Waals surface area contributed by atoms with E-state index in [1.807, 2.05) is 11.8 Å². The number of hydrogen-bond acceptors (Lipinski definition) is 2. The largest absolute Gasteiger partial charge is 0.351 e. The van der Waals surface area contributed by atoms with Crippen molar-refractivity contribution in [2.45, 2.75) is 69.9 Å². The second-order valence-electron chi connectivity index (χ2n) is 8.20. The summed E-state index contributed by atoms with van der Waals surface area (Å²) in [6.45, 7) is 2.67. The van der Waals surface area contributed by atoms with Crippen LogP contribution in [0.3, 0.4) is 0 Å². The van der Waals surface area contributed by atoms with Crippen LogP contribution in [0.15, 0.2) is 24.3 Å². The maximum Gasteiger partial charge on any atom is 0.245 e. The van der Waals surface area contributed by atoms with Crippen LogP contribution in [0.4, 0.5) is 0 Å². The SMILES string of the molecule is CC1(C(=O)NC2Cc3ccccc3C2)CCN1C(=O)C1CCCCC1. The lowest BCUT2D eigenvalue weighted by Gasteiger charge is -2.50. The normalized spacial score (nSPS) is 26.8. The van der Waals surface area contributed by atoms with Crippen molar-refractivity contribution in [2.24, 2.45) is 5.92 Å². The highest BCUT2D eigenvalue weighted by atomic mass is 16.2. The highest BCUT2D eigenvalue weighted by Gasteiger charge is 2.51. The van der Waals surface area contributed by atoms with Crippen LogP contribution in [-0.2, 0) is 22.4 Å². The van der Waals surface area contributed by atoms with Gasteiger partial charge in [-0.05, 0) is 50.2 Å². The van der Waals surface area contributed by atoms with E-state index in [1.165, 1.54) is 17.5 Å². The van der Waals surface area contributed by atoms with Crippen LogP contribution in [0.5, 0.6) is 0 Å². The van der Waals surface area contributed by atoms with Gasteiger partial charge in [0, 0.05) is 18.5 Å². The van der Waals surface area contributed by atoms with Crippen molar-refractivity contribution in [3.05, 3.63) is 35.4 Å². The summed E-state index contributed by atoms with van der Waals surface area (Å²) in [6, 6.07) is 8.56. The molecule has 134 valence electrons. The number of rotatable bonds is 3. The molecular formula is C21H28N2O2. The molecule has 1 aromatic carbocycles. The van der Waals surface area contributed by atoms with Crippen LogP contribution < -0.4 is 5.32 Å². The van der Waals surface area contributed by atoms with Gasteiger partial charge in [-0.25, -0.2) is 0 Å². The van der Waals surface area contributed by atoms with Gasteiger partial charge in [0.1, 0.15) is 5.54 Å². The lowest BCUT2D eigenvalue weighted by atomic mass is 9.81. The van der Waals surface area contributed by atoms with Crippen LogP contribution in [0.1, 0.15) is 56.6 Å². The fourth-order valence-electron chi connectivity index (χ4n) is 4.72. The van der Waals surface area contributed by atoms with E-state index >= 15 is 0 Å². The molecule has 4 rings (SSSR count). The van der Waals surface area contributed by atoms with E-state index in [4.69, 9.17) is 0 Å². The first-order valence-corrected chi connectivity index (χ1v) is 9.77. The minimum Gasteiger partial charge on any atom is -0.351 e. The lowest BCUT2D eigenvalue weighted by molar-refractivity contribution is -0.161. The molecule has 1 unspecified atom stereocenters. The van der Waals surface area contributed by atoms with Crippen LogP contribution in [0.2, 0.25) is 0 Å². The van der Waals surface area contributed by atoms with Crippen molar-refractivity contribution < 1.29 is 9.59 Å². The van der Waals surface area contributed by atoms with E-state index in [1.54, 1.807) is 0 Å². The van der Waals surface area contributed by atoms with Crippen molar-refractivity contribution in [3.8, 4) is 0 Å². The molecule has 1 aromatic rings. The summed E-state index contributed by atoms with van der Waals surface area (Å²) >= 11 is 0. The van der Waals surface area contributed by atoms with Gasteiger partial charge in [0.05, 0.1) is 0 Å². The molecular weight excluding hydrogens is 312 g/mol. The number of hydrogen-bond donors (Lipinski definition) is 1. The van der Waals surface area contributed by atoms with Gasteiger partial charge in [0.2, 0.25) is 11.8 Å². The standard InChI is InChI=1S/C21H28N2O2/c1-21(11-12-23(21)19(24)15-7-3-2-4-8-15)20(25)22-18-13-16-9-5-6-10-17(16)14-18/h5-6,9-10,15,18H,2-4,7-8,11-14H2,1H3,(H,22,25). The first-order valence-electron chi connectivity index (χ1n) is 9.77. The Labute approximate surface area is 150 Å². The second-order valence-corrected chi connectivity index (χ2v) is 8.20. The maximum atomic E-state index is 12.9. The minimum absolute atomic E-state index is 0.0284. The van der Waals surface area contributed by atoms with E-state index in [2.05, 4.69) is 29.6 Å². The number of carbonyl (C=O) groups excluding carboxylic acids is 2. The van der Waals surface area contributed by atoms with Crippen LogP contribution >= 0.6 is 0 Å². The van der Waals surface area contributed by atoms with E-state index < -0.39 is 5.54 Å². The van der Waals surface area contributed by atoms with Crippen LogP contribution in [0.25, 0.3) is 0 Å². The first-order chi connectivity index (χ1) is 12.1. The molecule has 1 saturated heterocycles. The van der Waals surface area contributed by atoms with Crippen LogP contribution in [0, 0.1) is 5.92 Å². The number of amides is 2. The van der Waals surface area contributed by atoms with Gasteiger partial charge in [-0.3, -0.25) is 9.59 Å². The summed E-state index contributed by atoms with van der Waals surface area (Å²) in [5.41, 5.74) is 2.02. The molecule has 3 aliphatic rings. The molecule has 25 heavy (non-hydrogen) atoms. The van der Waals surface area contributed by atoms with Gasteiger partial charge >= 0.3 is 0 Å². The van der Waals surface area contributed by atoms with E-state index in [0.29, 0.717) is 0 Å². The molecule has 1 saturated carbocycles. The predicted molar refractivity (Wildman–Crippen MR) is 97.1 cm³/mol. The third kappa shape index (κ3) is 2.96. The lowest BCUT2D eigenvalue weighted by Crippen LogP contribution is -2.69. The monoisotopic (exact) mass is 340 g/mol. The highest BCUT2D eigenvalue weighted by molar-refractivity contribution is 5.93. The Morgan fingerprint density at radius 2 is 1.72 bits per heavy atom. The van der Waals surface area contributed by atoms with E-state index in [9.17, 15) is 9.59 Å². The quantitative estimate of drug-likeness (QED) is 0.920. The second kappa shape index (κ2) is 6.47. The Balaban J connectivity index is 1.39. The van der Waals surface area contributed by atoms with Crippen molar-refractivity contribution in [2.75, 3.05) is 6.54 Å². The minimum atomic E-state index is -0.649. The number of carbonyl (C=O) groups is 2. The first kappa shape index (κ1) is 16.6. The maximum absolute atomic E-state index is 12.9. The summed E-state index contributed by atoms with van der Waals surface area (Å²) < 4.78 is 0. The van der Waals surface area contributed by atoms with Gasteiger partial charge in [-0.1, -0.05) is 43.5 Å². The third-order valence-electron chi connectivity index (χ3n) is 6.51. The van der Waals surface area contributed by atoms with E-state index in [0.717, 1.165) is 51.5 Å². The summed E-state index contributed by atoms with van der Waals surface area (Å²) in [6.07, 6.45) is 8.08. The Bertz CT molecular complexity index is 655. The van der Waals surface area contributed by atoms with Crippen molar-refractivity contribution >= 4 is 11.8 Å². The molecule has 4 nitrogen and oxygen atoms in total. The fraction of sp³-hybridized carbons (Fsp3) is 0.619. The molecule has 0 aromatic heterocycles. The third-order valence-corrected chi connectivity index (χ3v) is 6.51. The van der Waals surface area contributed by atoms with Crippen molar-refractivity contribution in [1.82, 2.24) is 10.2 Å². The Hall–Kier alpha value is -1.84. The zero-order chi connectivity index (χ0) is 17.4. The zero-order valence-electron chi connectivity index (χ0n) is 15.1. The highest BCUT2D eigenvalue weighted by Crippen LogP contribution is 2.36. The average molecular weight is 340 g/mol. The molecule has 2 amide bonds. The zero-order valence-corrected chi connectivity index (χ0v) is 15.1. The number of nitrogens with one attached hydrogen (secondary N) is 1. The molecule has 1 heterocycles. The molecule has 1 aliphatic heterocycles. The summed E-state index contributed by atoms with van der Waals surface area (Å²) in [4.78, 5) is 27.7. The van der Waals surface area contributed by atoms with Crippen molar-refractivity contribution in [1.29, 1.82) is 0 Å². The van der Waals surface area contributed by atoms with Crippen molar-refractivity contribution in [3.63, 3.8) is 0 Å². The molecule has 0 radical (unpaired) electrons. The Kier molecular flexibility index (Phi) is 4.30. The number of likely N-dealkylation sites (tertiary alicyclic amines) is 1. The molecule has 0 spiro atoms. The number of nitrogens with zero attached hydrogens (tertiary/aromatic N) is 1.